The Morgan fingerprint density at radius 1 is 1.15 bits per heavy atom. The summed E-state index contributed by atoms with van der Waals surface area (Å²) in [4.78, 5) is 27.3. The summed E-state index contributed by atoms with van der Waals surface area (Å²) in [5.41, 5.74) is -0.112. The molecule has 1 heterocycles. The third kappa shape index (κ3) is 5.90. The zero-order chi connectivity index (χ0) is 15.2. The summed E-state index contributed by atoms with van der Waals surface area (Å²) in [7, 11) is 0. The van der Waals surface area contributed by atoms with E-state index in [0.29, 0.717) is 6.42 Å². The molecule has 0 bridgehead atoms. The van der Waals surface area contributed by atoms with Gasteiger partial charge in [0.2, 0.25) is 11.8 Å². The minimum absolute atomic E-state index is 0.112. The van der Waals surface area contributed by atoms with Crippen molar-refractivity contribution in [3.05, 3.63) is 0 Å². The summed E-state index contributed by atoms with van der Waals surface area (Å²) >= 11 is 0. The average Bonchev–Trinajstić information content (AvgIpc) is 2.36. The maximum atomic E-state index is 11.9. The Kier molecular flexibility index (Phi) is 6.46. The van der Waals surface area contributed by atoms with Crippen LogP contribution in [0.2, 0.25) is 0 Å². The molecular weight excluding hydrogens is 254 g/mol. The van der Waals surface area contributed by atoms with Crippen LogP contribution in [0.1, 0.15) is 47.0 Å². The first-order valence-electron chi connectivity index (χ1n) is 7.63. The summed E-state index contributed by atoms with van der Waals surface area (Å²) in [6, 6.07) is 0. The fourth-order valence-electron chi connectivity index (χ4n) is 2.67. The number of piperazine rings is 1. The van der Waals surface area contributed by atoms with Crippen molar-refractivity contribution in [3.63, 3.8) is 0 Å². The van der Waals surface area contributed by atoms with Crippen molar-refractivity contribution in [1.29, 1.82) is 0 Å². The number of hydrogen-bond donors (Lipinski definition) is 1. The van der Waals surface area contributed by atoms with Crippen LogP contribution in [0.5, 0.6) is 0 Å². The number of carbonyl (C=O) groups is 2. The Labute approximate surface area is 122 Å². The summed E-state index contributed by atoms with van der Waals surface area (Å²) in [6.07, 6.45) is 2.60. The van der Waals surface area contributed by atoms with Crippen LogP contribution in [-0.4, -0.2) is 59.9 Å². The van der Waals surface area contributed by atoms with Crippen LogP contribution < -0.4 is 5.32 Å². The second-order valence-electron chi connectivity index (χ2n) is 6.28. The Hall–Kier alpha value is -1.10. The fraction of sp³-hybridized carbons (Fsp3) is 0.867. The molecule has 116 valence electrons. The molecule has 0 spiro atoms. The van der Waals surface area contributed by atoms with Crippen LogP contribution in [0.25, 0.3) is 0 Å². The highest BCUT2D eigenvalue weighted by atomic mass is 16.2. The molecule has 0 aliphatic carbocycles. The van der Waals surface area contributed by atoms with Crippen LogP contribution >= 0.6 is 0 Å². The van der Waals surface area contributed by atoms with Crippen molar-refractivity contribution >= 4 is 11.8 Å². The summed E-state index contributed by atoms with van der Waals surface area (Å²) in [5.74, 6) is 0.265. The number of amides is 2. The lowest BCUT2D eigenvalue weighted by molar-refractivity contribution is -0.131. The highest BCUT2D eigenvalue weighted by Gasteiger charge is 2.21. The third-order valence-electron chi connectivity index (χ3n) is 3.83. The number of rotatable bonds is 6. The Balaban J connectivity index is 2.24. The van der Waals surface area contributed by atoms with E-state index in [1.165, 1.54) is 0 Å². The molecule has 0 unspecified atom stereocenters. The van der Waals surface area contributed by atoms with Gasteiger partial charge in [-0.2, -0.15) is 0 Å². The average molecular weight is 283 g/mol. The van der Waals surface area contributed by atoms with E-state index in [1.807, 2.05) is 4.90 Å². The Bertz CT molecular complexity index is 334. The van der Waals surface area contributed by atoms with Gasteiger partial charge in [0, 0.05) is 51.6 Å². The minimum atomic E-state index is -0.112. The van der Waals surface area contributed by atoms with Gasteiger partial charge in [-0.3, -0.25) is 14.5 Å². The van der Waals surface area contributed by atoms with Crippen molar-refractivity contribution in [2.45, 2.75) is 52.5 Å². The van der Waals surface area contributed by atoms with E-state index in [9.17, 15) is 9.59 Å². The number of nitrogens with zero attached hydrogens (tertiary/aromatic N) is 2. The van der Waals surface area contributed by atoms with E-state index in [1.54, 1.807) is 6.92 Å². The fourth-order valence-corrected chi connectivity index (χ4v) is 2.67. The first-order chi connectivity index (χ1) is 9.34. The molecule has 5 nitrogen and oxygen atoms in total. The van der Waals surface area contributed by atoms with E-state index >= 15 is 0 Å². The molecule has 0 saturated carbocycles. The second-order valence-corrected chi connectivity index (χ2v) is 6.28. The quantitative estimate of drug-likeness (QED) is 0.798. The van der Waals surface area contributed by atoms with Crippen molar-refractivity contribution in [2.24, 2.45) is 0 Å². The summed E-state index contributed by atoms with van der Waals surface area (Å²) in [6.45, 7) is 11.9. The van der Waals surface area contributed by atoms with Gasteiger partial charge in [0.25, 0.3) is 0 Å². The van der Waals surface area contributed by atoms with Gasteiger partial charge in [-0.15, -0.1) is 0 Å². The molecule has 1 saturated heterocycles. The van der Waals surface area contributed by atoms with Crippen LogP contribution in [-0.2, 0) is 9.59 Å². The van der Waals surface area contributed by atoms with Crippen molar-refractivity contribution < 1.29 is 9.59 Å². The van der Waals surface area contributed by atoms with E-state index < -0.39 is 0 Å². The van der Waals surface area contributed by atoms with Crippen LogP contribution in [0.15, 0.2) is 0 Å². The molecule has 20 heavy (non-hydrogen) atoms. The highest BCUT2D eigenvalue weighted by Crippen LogP contribution is 2.11. The van der Waals surface area contributed by atoms with Crippen molar-refractivity contribution in [1.82, 2.24) is 15.1 Å². The van der Waals surface area contributed by atoms with E-state index in [-0.39, 0.29) is 17.4 Å². The van der Waals surface area contributed by atoms with Crippen molar-refractivity contribution in [3.8, 4) is 0 Å². The van der Waals surface area contributed by atoms with Gasteiger partial charge < -0.3 is 10.2 Å². The molecule has 1 aliphatic rings. The molecule has 1 rings (SSSR count). The zero-order valence-electron chi connectivity index (χ0n) is 13.4. The van der Waals surface area contributed by atoms with Gasteiger partial charge in [0.15, 0.2) is 0 Å². The molecule has 2 amide bonds. The maximum Gasteiger partial charge on any atom is 0.221 e. The van der Waals surface area contributed by atoms with E-state index in [2.05, 4.69) is 31.0 Å². The van der Waals surface area contributed by atoms with Gasteiger partial charge in [-0.1, -0.05) is 13.3 Å². The molecular formula is C15H29N3O2. The molecule has 1 aliphatic heterocycles. The molecule has 5 heteroatoms. The SMILES string of the molecule is CCCC(C)(C)NC(=O)CCN1CCN(C(C)=O)CC1. The first kappa shape index (κ1) is 17.0. The topological polar surface area (TPSA) is 52.7 Å². The standard InChI is InChI=1S/C15H29N3O2/c1-5-7-15(3,4)16-14(20)6-8-17-9-11-18(12-10-17)13(2)19/h5-12H2,1-4H3,(H,16,20). The Morgan fingerprint density at radius 3 is 2.25 bits per heavy atom. The lowest BCUT2D eigenvalue weighted by Crippen LogP contribution is -2.49. The zero-order valence-corrected chi connectivity index (χ0v) is 13.4. The van der Waals surface area contributed by atoms with Crippen LogP contribution in [0.4, 0.5) is 0 Å². The second kappa shape index (κ2) is 7.62. The predicted octanol–water partition coefficient (Wildman–Crippen LogP) is 1.24. The first-order valence-corrected chi connectivity index (χ1v) is 7.63. The van der Waals surface area contributed by atoms with Gasteiger partial charge in [0.05, 0.1) is 0 Å². The van der Waals surface area contributed by atoms with Crippen molar-refractivity contribution in [2.75, 3.05) is 32.7 Å². The minimum Gasteiger partial charge on any atom is -0.351 e. The normalized spacial score (nSPS) is 17.1. The predicted molar refractivity (Wildman–Crippen MR) is 80.4 cm³/mol. The van der Waals surface area contributed by atoms with Gasteiger partial charge in [-0.25, -0.2) is 0 Å². The van der Waals surface area contributed by atoms with Crippen LogP contribution in [0.3, 0.4) is 0 Å². The monoisotopic (exact) mass is 283 g/mol. The number of nitrogens with one attached hydrogen (secondary N) is 1. The highest BCUT2D eigenvalue weighted by molar-refractivity contribution is 5.76. The maximum absolute atomic E-state index is 11.9. The van der Waals surface area contributed by atoms with Gasteiger partial charge in [-0.05, 0) is 20.3 Å². The largest absolute Gasteiger partial charge is 0.351 e. The van der Waals surface area contributed by atoms with Crippen LogP contribution in [0, 0.1) is 0 Å². The Morgan fingerprint density at radius 2 is 1.75 bits per heavy atom. The molecule has 1 fully saturated rings. The smallest absolute Gasteiger partial charge is 0.221 e. The molecule has 0 aromatic rings. The number of carbonyl (C=O) groups excluding carboxylic acids is 2. The van der Waals surface area contributed by atoms with Gasteiger partial charge in [0.1, 0.15) is 0 Å². The number of hydrogen-bond acceptors (Lipinski definition) is 3. The molecule has 0 aromatic carbocycles. The third-order valence-corrected chi connectivity index (χ3v) is 3.83. The van der Waals surface area contributed by atoms with Gasteiger partial charge >= 0.3 is 0 Å². The summed E-state index contributed by atoms with van der Waals surface area (Å²) < 4.78 is 0. The lowest BCUT2D eigenvalue weighted by Gasteiger charge is -2.34. The summed E-state index contributed by atoms with van der Waals surface area (Å²) in [5, 5.41) is 3.09. The molecule has 0 radical (unpaired) electrons. The van der Waals surface area contributed by atoms with E-state index in [0.717, 1.165) is 45.6 Å². The molecule has 0 aromatic heterocycles. The lowest BCUT2D eigenvalue weighted by atomic mass is 9.99. The van der Waals surface area contributed by atoms with E-state index in [4.69, 9.17) is 0 Å². The molecule has 1 N–H and O–H groups in total. The molecule has 0 atom stereocenters.